The largest absolute Gasteiger partial charge is 0.489 e. The number of rotatable bonds is 10. The predicted molar refractivity (Wildman–Crippen MR) is 143 cm³/mol. The zero-order chi connectivity index (χ0) is 24.4. The molecule has 0 atom stereocenters. The summed E-state index contributed by atoms with van der Waals surface area (Å²) in [7, 11) is 0. The number of ether oxygens (including phenoxy) is 2. The average Bonchev–Trinajstić information content (AvgIpc) is 2.94. The van der Waals surface area contributed by atoms with Crippen molar-refractivity contribution in [2.75, 3.05) is 5.32 Å². The third kappa shape index (κ3) is 6.70. The van der Waals surface area contributed by atoms with Gasteiger partial charge in [-0.15, -0.1) is 0 Å². The number of aromatic nitrogens is 2. The highest BCUT2D eigenvalue weighted by Gasteiger charge is 2.04. The summed E-state index contributed by atoms with van der Waals surface area (Å²) in [5, 5.41) is 3.25. The van der Waals surface area contributed by atoms with Gasteiger partial charge in [-0.1, -0.05) is 78.9 Å². The molecule has 4 aromatic carbocycles. The van der Waals surface area contributed by atoms with E-state index in [1.54, 1.807) is 0 Å². The summed E-state index contributed by atoms with van der Waals surface area (Å²) in [4.78, 5) is 9.00. The van der Waals surface area contributed by atoms with Gasteiger partial charge >= 0.3 is 0 Å². The fraction of sp³-hybridized carbons (Fsp3) is 0.0968. The molecule has 0 unspecified atom stereocenters. The van der Waals surface area contributed by atoms with Crippen molar-refractivity contribution in [1.29, 1.82) is 0 Å². The lowest BCUT2D eigenvalue weighted by Gasteiger charge is -2.10. The molecule has 5 rings (SSSR count). The molecule has 178 valence electrons. The van der Waals surface area contributed by atoms with E-state index in [-0.39, 0.29) is 0 Å². The molecule has 36 heavy (non-hydrogen) atoms. The molecular weight excluding hydrogens is 446 g/mol. The van der Waals surface area contributed by atoms with Gasteiger partial charge in [-0.05, 0) is 46.5 Å². The molecule has 0 radical (unpaired) electrons. The Balaban J connectivity index is 1.16. The van der Waals surface area contributed by atoms with Crippen molar-refractivity contribution < 1.29 is 9.47 Å². The molecule has 1 aromatic heterocycles. The number of nitrogens with zero attached hydrogens (tertiary/aromatic N) is 2. The third-order valence-electron chi connectivity index (χ3n) is 5.60. The fourth-order valence-corrected chi connectivity index (χ4v) is 3.77. The molecule has 0 aliphatic heterocycles. The summed E-state index contributed by atoms with van der Waals surface area (Å²) in [6.07, 6.45) is 4.43. The fourth-order valence-electron chi connectivity index (χ4n) is 3.77. The number of benzene rings is 4. The Bertz CT molecular complexity index is 1270. The van der Waals surface area contributed by atoms with E-state index in [0.29, 0.717) is 19.2 Å². The summed E-state index contributed by atoms with van der Waals surface area (Å²) in [6.45, 7) is 1.07. The van der Waals surface area contributed by atoms with Gasteiger partial charge < -0.3 is 14.8 Å². The van der Waals surface area contributed by atoms with Crippen LogP contribution in [0.3, 0.4) is 0 Å². The van der Waals surface area contributed by atoms with E-state index in [2.05, 4.69) is 39.6 Å². The smallest absolute Gasteiger partial charge is 0.227 e. The standard InChI is InChI=1S/C31H27N3O2/c1-3-9-24(10-4-1)22-35-29-15-7-13-26(18-29)17-27-20-32-31(33-21-27)34-28-14-8-16-30(19-28)36-23-25-11-5-2-6-12-25/h1-16,18-21H,17,22-23H2,(H,32,33,34). The van der Waals surface area contributed by atoms with Gasteiger partial charge in [0.25, 0.3) is 0 Å². The van der Waals surface area contributed by atoms with Gasteiger partial charge in [-0.2, -0.15) is 0 Å². The van der Waals surface area contributed by atoms with E-state index in [4.69, 9.17) is 9.47 Å². The molecule has 5 heteroatoms. The summed E-state index contributed by atoms with van der Waals surface area (Å²) in [5.41, 5.74) is 5.32. The SMILES string of the molecule is c1ccc(COc2cccc(Cc3cnc(Nc4cccc(OCc5ccccc5)c4)nc3)c2)cc1. The van der Waals surface area contributed by atoms with Crippen LogP contribution in [-0.4, -0.2) is 9.97 Å². The van der Waals surface area contributed by atoms with Gasteiger partial charge in [0, 0.05) is 30.6 Å². The molecule has 0 fully saturated rings. The highest BCUT2D eigenvalue weighted by atomic mass is 16.5. The van der Waals surface area contributed by atoms with Gasteiger partial charge in [0.1, 0.15) is 24.7 Å². The van der Waals surface area contributed by atoms with Crippen LogP contribution in [0.1, 0.15) is 22.3 Å². The summed E-state index contributed by atoms with van der Waals surface area (Å²) >= 11 is 0. The Hall–Kier alpha value is -4.64. The van der Waals surface area contributed by atoms with Crippen molar-refractivity contribution in [2.24, 2.45) is 0 Å². The molecule has 0 spiro atoms. The van der Waals surface area contributed by atoms with Crippen LogP contribution in [0.4, 0.5) is 11.6 Å². The van der Waals surface area contributed by atoms with Crippen LogP contribution in [0, 0.1) is 0 Å². The van der Waals surface area contributed by atoms with Gasteiger partial charge in [-0.25, -0.2) is 9.97 Å². The second kappa shape index (κ2) is 11.7. The van der Waals surface area contributed by atoms with Gasteiger partial charge in [-0.3, -0.25) is 0 Å². The van der Waals surface area contributed by atoms with Gasteiger partial charge in [0.2, 0.25) is 5.95 Å². The Labute approximate surface area is 211 Å². The number of hydrogen-bond acceptors (Lipinski definition) is 5. The molecular formula is C31H27N3O2. The van der Waals surface area contributed by atoms with Crippen molar-refractivity contribution in [2.45, 2.75) is 19.6 Å². The highest BCUT2D eigenvalue weighted by molar-refractivity contribution is 5.55. The van der Waals surface area contributed by atoms with Crippen LogP contribution in [-0.2, 0) is 19.6 Å². The molecule has 0 aliphatic rings. The van der Waals surface area contributed by atoms with Crippen molar-refractivity contribution >= 4 is 11.6 Å². The minimum Gasteiger partial charge on any atom is -0.489 e. The Morgan fingerprint density at radius 3 is 1.72 bits per heavy atom. The maximum absolute atomic E-state index is 5.96. The van der Waals surface area contributed by atoms with Crippen molar-refractivity contribution in [3.05, 3.63) is 144 Å². The van der Waals surface area contributed by atoms with Crippen LogP contribution in [0.15, 0.2) is 122 Å². The quantitative estimate of drug-likeness (QED) is 0.237. The number of nitrogens with one attached hydrogen (secondary N) is 1. The van der Waals surface area contributed by atoms with E-state index in [1.165, 1.54) is 0 Å². The molecule has 0 bridgehead atoms. The van der Waals surface area contributed by atoms with Crippen LogP contribution >= 0.6 is 0 Å². The molecule has 0 aliphatic carbocycles. The molecule has 5 aromatic rings. The monoisotopic (exact) mass is 473 g/mol. The molecule has 1 N–H and O–H groups in total. The third-order valence-corrected chi connectivity index (χ3v) is 5.60. The Morgan fingerprint density at radius 2 is 1.08 bits per heavy atom. The van der Waals surface area contributed by atoms with Crippen LogP contribution < -0.4 is 14.8 Å². The maximum atomic E-state index is 5.96. The maximum Gasteiger partial charge on any atom is 0.227 e. The lowest BCUT2D eigenvalue weighted by Crippen LogP contribution is -2.00. The molecule has 0 amide bonds. The summed E-state index contributed by atoms with van der Waals surface area (Å²) in [6, 6.07) is 36.2. The lowest BCUT2D eigenvalue weighted by atomic mass is 10.1. The zero-order valence-electron chi connectivity index (χ0n) is 19.9. The first kappa shape index (κ1) is 23.1. The van der Waals surface area contributed by atoms with Crippen molar-refractivity contribution in [3.63, 3.8) is 0 Å². The Morgan fingerprint density at radius 1 is 0.528 bits per heavy atom. The topological polar surface area (TPSA) is 56.3 Å². The zero-order valence-corrected chi connectivity index (χ0v) is 19.9. The van der Waals surface area contributed by atoms with Crippen LogP contribution in [0.2, 0.25) is 0 Å². The van der Waals surface area contributed by atoms with E-state index < -0.39 is 0 Å². The first-order valence-corrected chi connectivity index (χ1v) is 11.9. The number of hydrogen-bond donors (Lipinski definition) is 1. The second-order valence-corrected chi connectivity index (χ2v) is 8.44. The Kier molecular flexibility index (Phi) is 7.49. The summed E-state index contributed by atoms with van der Waals surface area (Å²) in [5.74, 6) is 2.18. The second-order valence-electron chi connectivity index (χ2n) is 8.44. The average molecular weight is 474 g/mol. The van der Waals surface area contributed by atoms with Crippen LogP contribution in [0.5, 0.6) is 11.5 Å². The first-order chi connectivity index (χ1) is 17.8. The van der Waals surface area contributed by atoms with E-state index >= 15 is 0 Å². The van der Waals surface area contributed by atoms with E-state index in [0.717, 1.165) is 45.9 Å². The summed E-state index contributed by atoms with van der Waals surface area (Å²) < 4.78 is 11.9. The highest BCUT2D eigenvalue weighted by Crippen LogP contribution is 2.22. The van der Waals surface area contributed by atoms with Crippen molar-refractivity contribution in [1.82, 2.24) is 9.97 Å². The molecule has 0 saturated carbocycles. The minimum absolute atomic E-state index is 0.522. The predicted octanol–water partition coefficient (Wildman–Crippen LogP) is 6.97. The van der Waals surface area contributed by atoms with Gasteiger partial charge in [0.15, 0.2) is 0 Å². The van der Waals surface area contributed by atoms with Gasteiger partial charge in [0.05, 0.1) is 0 Å². The first-order valence-electron chi connectivity index (χ1n) is 11.9. The lowest BCUT2D eigenvalue weighted by molar-refractivity contribution is 0.306. The van der Waals surface area contributed by atoms with E-state index in [9.17, 15) is 0 Å². The van der Waals surface area contributed by atoms with Crippen molar-refractivity contribution in [3.8, 4) is 11.5 Å². The van der Waals surface area contributed by atoms with Crippen LogP contribution in [0.25, 0.3) is 0 Å². The molecule has 0 saturated heterocycles. The minimum atomic E-state index is 0.522. The molecule has 1 heterocycles. The van der Waals surface area contributed by atoms with E-state index in [1.807, 2.05) is 97.3 Å². The molecule has 5 nitrogen and oxygen atoms in total. The number of anilines is 2. The normalized spacial score (nSPS) is 10.6.